The highest BCUT2D eigenvalue weighted by Gasteiger charge is 2.24. The Morgan fingerprint density at radius 2 is 0.521 bits per heavy atom. The van der Waals surface area contributed by atoms with Crippen LogP contribution in [0.15, 0.2) is 285 Å². The summed E-state index contributed by atoms with van der Waals surface area (Å²) in [6.45, 7) is 0. The van der Waals surface area contributed by atoms with Gasteiger partial charge in [-0.15, -0.1) is 0 Å². The quantitative estimate of drug-likeness (QED) is 0.137. The molecule has 0 bridgehead atoms. The van der Waals surface area contributed by atoms with E-state index in [1.54, 1.807) is 0 Å². The van der Waals surface area contributed by atoms with Crippen molar-refractivity contribution < 1.29 is 0 Å². The fourth-order valence-electron chi connectivity index (χ4n) is 10.4. The molecule has 0 aliphatic carbocycles. The molecule has 0 aliphatic heterocycles. The van der Waals surface area contributed by atoms with Crippen molar-refractivity contribution in [3.05, 3.63) is 285 Å². The zero-order valence-corrected chi connectivity index (χ0v) is 40.0. The Bertz CT molecular complexity index is 3800. The van der Waals surface area contributed by atoms with Gasteiger partial charge in [-0.3, -0.25) is 0 Å². The third kappa shape index (κ3) is 8.39. The van der Waals surface area contributed by atoms with Crippen LogP contribution < -0.4 is 0 Å². The first kappa shape index (κ1) is 43.3. The van der Waals surface area contributed by atoms with Crippen molar-refractivity contribution in [3.8, 4) is 106 Å². The van der Waals surface area contributed by atoms with Gasteiger partial charge in [0.25, 0.3) is 0 Å². The lowest BCUT2D eigenvalue weighted by Crippen LogP contribution is -2.03. The Labute approximate surface area is 425 Å². The summed E-state index contributed by atoms with van der Waals surface area (Å²) in [5.41, 5.74) is 21.7. The molecule has 0 fully saturated rings. The van der Waals surface area contributed by atoms with Gasteiger partial charge in [0.05, 0.1) is 28.1 Å². The van der Waals surface area contributed by atoms with Crippen LogP contribution in [0.2, 0.25) is 0 Å². The zero-order valence-electron chi connectivity index (χ0n) is 40.0. The van der Waals surface area contributed by atoms with Crippen molar-refractivity contribution in [1.82, 2.24) is 14.5 Å². The van der Waals surface area contributed by atoms with Crippen LogP contribution in [0, 0.1) is 0 Å². The molecule has 2 aromatic heterocycles. The molecule has 0 aliphatic rings. The minimum atomic E-state index is 0.662. The van der Waals surface area contributed by atoms with Gasteiger partial charge in [0.1, 0.15) is 0 Å². The molecular formula is C70H47N3. The van der Waals surface area contributed by atoms with Gasteiger partial charge in [0.2, 0.25) is 0 Å². The Kier molecular flexibility index (Phi) is 11.2. The monoisotopic (exact) mass is 929 g/mol. The summed E-state index contributed by atoms with van der Waals surface area (Å²) >= 11 is 0. The fraction of sp³-hybridized carbons (Fsp3) is 0. The zero-order chi connectivity index (χ0) is 48.5. The van der Waals surface area contributed by atoms with Crippen LogP contribution in [0.1, 0.15) is 0 Å². The molecule has 0 unspecified atom stereocenters. The van der Waals surface area contributed by atoms with Crippen LogP contribution in [0.3, 0.4) is 0 Å². The Morgan fingerprint density at radius 1 is 0.219 bits per heavy atom. The number of rotatable bonds is 10. The SMILES string of the molecule is c1ccc(-c2ccc(-c3cc(-c4cc(-c5ccccc5)c(-n5c6cc(-c7ccccc7)ccc6c6ccc(-c7ccccc7)cc65)c(-c5ccccc5)c4)nc(-c4ccc(-c5ccccc5)cc4)n3)cc2)cc1. The standard InChI is InChI=1S/C70H47N3/c1-7-19-48(20-8-1)52-31-35-56(36-32-52)65-47-66(72-70(71-65)57-37-33-53(34-38-57)49-21-9-2-10-22-49)60-43-63(54-27-15-5-16-28-54)69(64(44-60)55-29-17-6-18-30-55)73-67-45-58(50-23-11-3-12-24-50)39-41-61(67)62-42-40-59(46-68(62)73)51-25-13-4-14-26-51/h1-47H. The summed E-state index contributed by atoms with van der Waals surface area (Å²) in [6.07, 6.45) is 0. The second-order valence-corrected chi connectivity index (χ2v) is 18.5. The molecule has 3 nitrogen and oxygen atoms in total. The van der Waals surface area contributed by atoms with Crippen molar-refractivity contribution in [3.63, 3.8) is 0 Å². The van der Waals surface area contributed by atoms with Crippen LogP contribution in [-0.2, 0) is 0 Å². The molecular weight excluding hydrogens is 883 g/mol. The van der Waals surface area contributed by atoms with Crippen LogP contribution >= 0.6 is 0 Å². The van der Waals surface area contributed by atoms with E-state index in [2.05, 4.69) is 290 Å². The predicted molar refractivity (Wildman–Crippen MR) is 305 cm³/mol. The van der Waals surface area contributed by atoms with Gasteiger partial charge in [0, 0.05) is 38.6 Å². The highest BCUT2D eigenvalue weighted by molar-refractivity contribution is 6.12. The van der Waals surface area contributed by atoms with Gasteiger partial charge < -0.3 is 4.57 Å². The molecule has 0 spiro atoms. The summed E-state index contributed by atoms with van der Waals surface area (Å²) in [5, 5.41) is 2.39. The topological polar surface area (TPSA) is 30.7 Å². The second-order valence-electron chi connectivity index (χ2n) is 18.5. The molecule has 0 N–H and O–H groups in total. The first-order valence-electron chi connectivity index (χ1n) is 24.9. The van der Waals surface area contributed by atoms with Gasteiger partial charge in [0.15, 0.2) is 5.82 Å². The summed E-state index contributed by atoms with van der Waals surface area (Å²) < 4.78 is 2.53. The van der Waals surface area contributed by atoms with Crippen LogP contribution in [0.5, 0.6) is 0 Å². The number of fused-ring (bicyclic) bond motifs is 3. The summed E-state index contributed by atoms with van der Waals surface area (Å²) in [5.74, 6) is 0.662. The van der Waals surface area contributed by atoms with E-state index >= 15 is 0 Å². The second kappa shape index (κ2) is 18.9. The highest BCUT2D eigenvalue weighted by Crippen LogP contribution is 2.45. The molecule has 13 rings (SSSR count). The Morgan fingerprint density at radius 3 is 0.918 bits per heavy atom. The number of hydrogen-bond donors (Lipinski definition) is 0. The van der Waals surface area contributed by atoms with Crippen molar-refractivity contribution in [2.75, 3.05) is 0 Å². The molecule has 0 saturated carbocycles. The van der Waals surface area contributed by atoms with E-state index in [1.165, 1.54) is 33.0 Å². The van der Waals surface area contributed by atoms with Crippen LogP contribution in [0.25, 0.3) is 128 Å². The molecule has 11 aromatic carbocycles. The summed E-state index contributed by atoms with van der Waals surface area (Å²) in [4.78, 5) is 10.8. The fourth-order valence-corrected chi connectivity index (χ4v) is 10.4. The van der Waals surface area contributed by atoms with Gasteiger partial charge >= 0.3 is 0 Å². The number of aromatic nitrogens is 3. The summed E-state index contributed by atoms with van der Waals surface area (Å²) in [7, 11) is 0. The number of hydrogen-bond acceptors (Lipinski definition) is 2. The molecule has 0 atom stereocenters. The van der Waals surface area contributed by atoms with Crippen molar-refractivity contribution in [2.24, 2.45) is 0 Å². The Balaban J connectivity index is 1.08. The van der Waals surface area contributed by atoms with Crippen molar-refractivity contribution in [2.45, 2.75) is 0 Å². The minimum Gasteiger partial charge on any atom is -0.308 e. The lowest BCUT2D eigenvalue weighted by Gasteiger charge is -2.22. The smallest absolute Gasteiger partial charge is 0.160 e. The van der Waals surface area contributed by atoms with E-state index in [-0.39, 0.29) is 0 Å². The number of nitrogens with zero attached hydrogens (tertiary/aromatic N) is 3. The molecule has 0 radical (unpaired) electrons. The molecule has 0 saturated heterocycles. The van der Waals surface area contributed by atoms with E-state index in [0.29, 0.717) is 5.82 Å². The minimum absolute atomic E-state index is 0.662. The van der Waals surface area contributed by atoms with Gasteiger partial charge in [-0.25, -0.2) is 9.97 Å². The summed E-state index contributed by atoms with van der Waals surface area (Å²) in [6, 6.07) is 102. The molecule has 0 amide bonds. The predicted octanol–water partition coefficient (Wildman–Crippen LogP) is 18.6. The normalized spacial score (nSPS) is 11.3. The largest absolute Gasteiger partial charge is 0.308 e. The molecule has 73 heavy (non-hydrogen) atoms. The maximum atomic E-state index is 5.50. The van der Waals surface area contributed by atoms with Gasteiger partial charge in [-0.1, -0.05) is 255 Å². The van der Waals surface area contributed by atoms with E-state index in [0.717, 1.165) is 89.3 Å². The average molecular weight is 930 g/mol. The molecule has 2 heterocycles. The van der Waals surface area contributed by atoms with E-state index in [4.69, 9.17) is 9.97 Å². The first-order chi connectivity index (χ1) is 36.2. The van der Waals surface area contributed by atoms with E-state index < -0.39 is 0 Å². The van der Waals surface area contributed by atoms with Crippen LogP contribution in [0.4, 0.5) is 0 Å². The third-order valence-electron chi connectivity index (χ3n) is 14.0. The van der Waals surface area contributed by atoms with E-state index in [1.807, 2.05) is 0 Å². The average Bonchev–Trinajstić information content (AvgIpc) is 3.81. The Hall–Kier alpha value is -9.70. The molecule has 342 valence electrons. The van der Waals surface area contributed by atoms with Crippen LogP contribution in [-0.4, -0.2) is 14.5 Å². The number of benzene rings is 11. The van der Waals surface area contributed by atoms with E-state index in [9.17, 15) is 0 Å². The van der Waals surface area contributed by atoms with Crippen molar-refractivity contribution >= 4 is 21.8 Å². The maximum absolute atomic E-state index is 5.50. The lowest BCUT2D eigenvalue weighted by atomic mass is 9.91. The first-order valence-corrected chi connectivity index (χ1v) is 24.9. The van der Waals surface area contributed by atoms with Crippen molar-refractivity contribution in [1.29, 1.82) is 0 Å². The maximum Gasteiger partial charge on any atom is 0.160 e. The molecule has 13 aromatic rings. The third-order valence-corrected chi connectivity index (χ3v) is 14.0. The highest BCUT2D eigenvalue weighted by atomic mass is 15.0. The van der Waals surface area contributed by atoms with Gasteiger partial charge in [-0.05, 0) is 86.0 Å². The lowest BCUT2D eigenvalue weighted by molar-refractivity contribution is 1.17. The van der Waals surface area contributed by atoms with Gasteiger partial charge in [-0.2, -0.15) is 0 Å². The molecule has 3 heteroatoms.